The molecule has 0 saturated carbocycles. The standard InChI is InChI=1S/C11H20N2O/c1-8(2)10-7-14-11(13-10)6-9-4-3-5-12-9/h8-10,12H,3-7H2,1-2H3. The normalized spacial score (nSPS) is 32.1. The van der Waals surface area contributed by atoms with Crippen molar-refractivity contribution in [1.29, 1.82) is 0 Å². The highest BCUT2D eigenvalue weighted by Gasteiger charge is 2.24. The van der Waals surface area contributed by atoms with Gasteiger partial charge in [0.1, 0.15) is 6.61 Å². The summed E-state index contributed by atoms with van der Waals surface area (Å²) < 4.78 is 5.60. The number of ether oxygens (including phenoxy) is 1. The molecule has 0 bridgehead atoms. The number of rotatable bonds is 3. The van der Waals surface area contributed by atoms with Crippen LogP contribution >= 0.6 is 0 Å². The molecule has 1 N–H and O–H groups in total. The van der Waals surface area contributed by atoms with E-state index in [-0.39, 0.29) is 0 Å². The molecule has 2 heterocycles. The zero-order valence-corrected chi connectivity index (χ0v) is 9.12. The average molecular weight is 196 g/mol. The van der Waals surface area contributed by atoms with Gasteiger partial charge in [0, 0.05) is 12.5 Å². The van der Waals surface area contributed by atoms with Crippen LogP contribution in [0.2, 0.25) is 0 Å². The minimum Gasteiger partial charge on any atom is -0.479 e. The molecule has 2 atom stereocenters. The smallest absolute Gasteiger partial charge is 0.185 e. The number of hydrogen-bond donors (Lipinski definition) is 1. The molecule has 2 rings (SSSR count). The van der Waals surface area contributed by atoms with Crippen LogP contribution in [0.4, 0.5) is 0 Å². The monoisotopic (exact) mass is 196 g/mol. The summed E-state index contributed by atoms with van der Waals surface area (Å²) in [6.07, 6.45) is 3.56. The maximum atomic E-state index is 5.60. The minimum atomic E-state index is 0.395. The number of hydrogen-bond acceptors (Lipinski definition) is 3. The van der Waals surface area contributed by atoms with Crippen LogP contribution in [0.25, 0.3) is 0 Å². The molecule has 80 valence electrons. The molecule has 0 spiro atoms. The first-order chi connectivity index (χ1) is 6.75. The molecule has 14 heavy (non-hydrogen) atoms. The lowest BCUT2D eigenvalue weighted by Gasteiger charge is -2.08. The molecule has 2 aliphatic heterocycles. The molecule has 0 amide bonds. The Morgan fingerprint density at radius 2 is 2.43 bits per heavy atom. The Hall–Kier alpha value is -0.570. The molecule has 3 heteroatoms. The van der Waals surface area contributed by atoms with Gasteiger partial charge in [0.2, 0.25) is 0 Å². The van der Waals surface area contributed by atoms with Crippen molar-refractivity contribution in [2.24, 2.45) is 10.9 Å². The highest BCUT2D eigenvalue weighted by Crippen LogP contribution is 2.18. The van der Waals surface area contributed by atoms with Crippen molar-refractivity contribution in [3.8, 4) is 0 Å². The summed E-state index contributed by atoms with van der Waals surface area (Å²) in [4.78, 5) is 4.61. The Balaban J connectivity index is 1.83. The zero-order valence-electron chi connectivity index (χ0n) is 9.12. The first kappa shape index (κ1) is 9.97. The SMILES string of the molecule is CC(C)C1COC(CC2CCCN2)=N1. The fourth-order valence-corrected chi connectivity index (χ4v) is 2.04. The van der Waals surface area contributed by atoms with Crippen LogP contribution in [0.1, 0.15) is 33.1 Å². The fourth-order valence-electron chi connectivity index (χ4n) is 2.04. The highest BCUT2D eigenvalue weighted by atomic mass is 16.5. The van der Waals surface area contributed by atoms with Crippen LogP contribution in [0, 0.1) is 5.92 Å². The van der Waals surface area contributed by atoms with Gasteiger partial charge in [-0.1, -0.05) is 13.8 Å². The van der Waals surface area contributed by atoms with Crippen LogP contribution in [0.3, 0.4) is 0 Å². The second kappa shape index (κ2) is 4.30. The lowest BCUT2D eigenvalue weighted by atomic mass is 10.1. The molecular formula is C11H20N2O. The molecule has 3 nitrogen and oxygen atoms in total. The van der Waals surface area contributed by atoms with Gasteiger partial charge in [-0.3, -0.25) is 0 Å². The number of nitrogens with zero attached hydrogens (tertiary/aromatic N) is 1. The van der Waals surface area contributed by atoms with Crippen LogP contribution in [0.5, 0.6) is 0 Å². The van der Waals surface area contributed by atoms with Crippen molar-refractivity contribution < 1.29 is 4.74 Å². The Bertz CT molecular complexity index is 219. The molecule has 0 aromatic heterocycles. The summed E-state index contributed by atoms with van der Waals surface area (Å²) >= 11 is 0. The van der Waals surface area contributed by atoms with Crippen LogP contribution in [-0.2, 0) is 4.74 Å². The molecule has 0 aliphatic carbocycles. The van der Waals surface area contributed by atoms with Crippen molar-refractivity contribution in [1.82, 2.24) is 5.32 Å². The Morgan fingerprint density at radius 1 is 1.57 bits per heavy atom. The van der Waals surface area contributed by atoms with Crippen molar-refractivity contribution in [3.05, 3.63) is 0 Å². The summed E-state index contributed by atoms with van der Waals surface area (Å²) in [6, 6.07) is 1.01. The Labute approximate surface area is 85.9 Å². The quantitative estimate of drug-likeness (QED) is 0.743. The van der Waals surface area contributed by atoms with Gasteiger partial charge in [0.05, 0.1) is 6.04 Å². The molecule has 0 aromatic rings. The lowest BCUT2D eigenvalue weighted by Crippen LogP contribution is -2.24. The maximum absolute atomic E-state index is 5.60. The largest absolute Gasteiger partial charge is 0.479 e. The first-order valence-corrected chi connectivity index (χ1v) is 5.68. The van der Waals surface area contributed by atoms with Crippen LogP contribution in [0.15, 0.2) is 4.99 Å². The summed E-state index contributed by atoms with van der Waals surface area (Å²) in [5, 5.41) is 3.47. The van der Waals surface area contributed by atoms with Gasteiger partial charge in [0.15, 0.2) is 5.90 Å². The van der Waals surface area contributed by atoms with E-state index in [0.717, 1.165) is 25.5 Å². The van der Waals surface area contributed by atoms with Gasteiger partial charge in [-0.15, -0.1) is 0 Å². The third kappa shape index (κ3) is 2.27. The second-order valence-corrected chi connectivity index (χ2v) is 4.64. The van der Waals surface area contributed by atoms with Gasteiger partial charge in [-0.2, -0.15) is 0 Å². The number of nitrogens with one attached hydrogen (secondary N) is 1. The zero-order chi connectivity index (χ0) is 9.97. The summed E-state index contributed by atoms with van der Waals surface area (Å²) in [7, 11) is 0. The lowest BCUT2D eigenvalue weighted by molar-refractivity contribution is 0.283. The minimum absolute atomic E-state index is 0.395. The van der Waals surface area contributed by atoms with Crippen molar-refractivity contribution in [2.45, 2.75) is 45.2 Å². The molecule has 1 fully saturated rings. The van der Waals surface area contributed by atoms with E-state index >= 15 is 0 Å². The first-order valence-electron chi connectivity index (χ1n) is 5.68. The molecule has 0 radical (unpaired) electrons. The van der Waals surface area contributed by atoms with Crippen LogP contribution in [-0.4, -0.2) is 31.1 Å². The van der Waals surface area contributed by atoms with Crippen molar-refractivity contribution >= 4 is 5.90 Å². The predicted octanol–water partition coefficient (Wildman–Crippen LogP) is 1.58. The van der Waals surface area contributed by atoms with E-state index in [9.17, 15) is 0 Å². The van der Waals surface area contributed by atoms with E-state index in [1.807, 2.05) is 0 Å². The average Bonchev–Trinajstić information content (AvgIpc) is 2.75. The van der Waals surface area contributed by atoms with E-state index in [4.69, 9.17) is 4.74 Å². The third-order valence-corrected chi connectivity index (χ3v) is 3.08. The Kier molecular flexibility index (Phi) is 3.06. The Morgan fingerprint density at radius 3 is 3.00 bits per heavy atom. The van der Waals surface area contributed by atoms with Crippen molar-refractivity contribution in [2.75, 3.05) is 13.2 Å². The molecule has 1 saturated heterocycles. The van der Waals surface area contributed by atoms with Crippen molar-refractivity contribution in [3.63, 3.8) is 0 Å². The third-order valence-electron chi connectivity index (χ3n) is 3.08. The van der Waals surface area contributed by atoms with E-state index in [2.05, 4.69) is 24.2 Å². The number of aliphatic imine (C=N–C) groups is 1. The molecular weight excluding hydrogens is 176 g/mol. The molecule has 0 aromatic carbocycles. The highest BCUT2D eigenvalue weighted by molar-refractivity contribution is 5.78. The van der Waals surface area contributed by atoms with E-state index in [0.29, 0.717) is 18.0 Å². The fraction of sp³-hybridized carbons (Fsp3) is 0.909. The van der Waals surface area contributed by atoms with Gasteiger partial charge in [-0.05, 0) is 25.3 Å². The van der Waals surface area contributed by atoms with E-state index in [1.165, 1.54) is 12.8 Å². The van der Waals surface area contributed by atoms with Gasteiger partial charge < -0.3 is 10.1 Å². The predicted molar refractivity (Wildman–Crippen MR) is 57.7 cm³/mol. The summed E-state index contributed by atoms with van der Waals surface area (Å²) in [5.74, 6) is 1.58. The van der Waals surface area contributed by atoms with Gasteiger partial charge in [-0.25, -0.2) is 4.99 Å². The van der Waals surface area contributed by atoms with Gasteiger partial charge in [0.25, 0.3) is 0 Å². The van der Waals surface area contributed by atoms with Gasteiger partial charge >= 0.3 is 0 Å². The van der Waals surface area contributed by atoms with Crippen LogP contribution < -0.4 is 5.32 Å². The summed E-state index contributed by atoms with van der Waals surface area (Å²) in [5.41, 5.74) is 0. The summed E-state index contributed by atoms with van der Waals surface area (Å²) in [6.45, 7) is 6.36. The molecule has 2 aliphatic rings. The molecule has 2 unspecified atom stereocenters. The van der Waals surface area contributed by atoms with E-state index < -0.39 is 0 Å². The topological polar surface area (TPSA) is 33.6 Å². The van der Waals surface area contributed by atoms with E-state index in [1.54, 1.807) is 0 Å². The maximum Gasteiger partial charge on any atom is 0.185 e. The second-order valence-electron chi connectivity index (χ2n) is 4.64.